The van der Waals surface area contributed by atoms with E-state index in [2.05, 4.69) is 2.24 Å². The Bertz CT molecular complexity index is 147. The Balaban J connectivity index is 3.75. The van der Waals surface area contributed by atoms with Crippen LogP contribution in [0.15, 0.2) is 12.2 Å². The quantitative estimate of drug-likeness (QED) is 0.586. The van der Waals surface area contributed by atoms with E-state index in [0.29, 0.717) is 77.9 Å². The molecule has 0 rings (SSSR count). The van der Waals surface area contributed by atoms with Gasteiger partial charge in [0.2, 0.25) is 0 Å². The van der Waals surface area contributed by atoms with Crippen LogP contribution in [-0.2, 0) is 11.8 Å². The molecule has 0 aliphatic rings. The van der Waals surface area contributed by atoms with Crippen LogP contribution in [0.25, 0.3) is 0 Å². The summed E-state index contributed by atoms with van der Waals surface area (Å²) in [6.07, 6.45) is 2.07. The molecule has 0 atom stereocenters. The van der Waals surface area contributed by atoms with Crippen molar-refractivity contribution in [1.29, 1.82) is 0 Å². The normalized spacial score (nSPS) is 9.20. The molecule has 0 heterocycles. The number of carbonyl (C=O) groups is 2. The molecule has 6 heteroatoms. The average Bonchev–Trinajstić information content (AvgIpc) is 1.99. The molecule has 52 valence electrons. The van der Waals surface area contributed by atoms with E-state index in [1.54, 1.807) is 0 Å². The molecule has 0 aliphatic heterocycles. The van der Waals surface area contributed by atoms with Crippen LogP contribution in [0.1, 0.15) is 0 Å². The van der Waals surface area contributed by atoms with E-state index in [1.165, 1.54) is 0 Å². The molecule has 10 heavy (non-hydrogen) atoms. The van der Waals surface area contributed by atoms with Crippen molar-refractivity contribution in [2.75, 3.05) is 0 Å². The van der Waals surface area contributed by atoms with Gasteiger partial charge >= 0.3 is 114 Å². The van der Waals surface area contributed by atoms with E-state index >= 15 is 0 Å². The zero-order chi connectivity index (χ0) is 7.98. The predicted octanol–water partition coefficient (Wildman–Crippen LogP) is -0.442. The summed E-state index contributed by atoms with van der Waals surface area (Å²) in [7, 11) is 0. The van der Waals surface area contributed by atoms with Gasteiger partial charge in [-0.3, -0.25) is 0 Å². The number of carbonyl (C=O) groups excluding carboxylic acids is 2. The molecule has 0 N–H and O–H groups in total. The molecule has 0 radical (unpaired) electrons. The second-order valence-electron chi connectivity index (χ2n) is 1.15. The molecular formula is C4H2O4Pm2. The van der Waals surface area contributed by atoms with Gasteiger partial charge in [0.1, 0.15) is 0 Å². The first-order valence-electron chi connectivity index (χ1n) is 2.09. The van der Waals surface area contributed by atoms with Crippen LogP contribution in [0.3, 0.4) is 0 Å². The van der Waals surface area contributed by atoms with E-state index in [9.17, 15) is 9.59 Å². The van der Waals surface area contributed by atoms with Gasteiger partial charge in [0, 0.05) is 0 Å². The Labute approximate surface area is 111 Å². The van der Waals surface area contributed by atoms with Crippen molar-refractivity contribution in [2.45, 2.75) is 0 Å². The zero-order valence-corrected chi connectivity index (χ0v) is 10.4. The van der Waals surface area contributed by atoms with Crippen molar-refractivity contribution < 1.29 is 89.7 Å². The molecule has 0 aromatic rings. The zero-order valence-electron chi connectivity index (χ0n) is 4.68. The molecule has 0 saturated heterocycles. The van der Waals surface area contributed by atoms with Gasteiger partial charge in [-0.1, -0.05) is 0 Å². The second kappa shape index (κ2) is 7.03. The molecular weight excluding hydrogens is 402 g/mol. The predicted molar refractivity (Wildman–Crippen MR) is 21.3 cm³/mol. The Morgan fingerprint density at radius 3 is 1.50 bits per heavy atom. The van der Waals surface area contributed by atoms with Gasteiger partial charge in [-0.05, 0) is 0 Å². The standard InChI is InChI=1S/C4H4O4.2Pm/c5-3(6)1-2-4(7)8;;/h1-2H,(H,5,6)(H,7,8);;/q;2*+1/p-2/b2-1-;;. The fourth-order valence-electron chi connectivity index (χ4n) is 0.197. The third kappa shape index (κ3) is 6.09. The summed E-state index contributed by atoms with van der Waals surface area (Å²) in [5.74, 6) is -1.03. The molecule has 0 amide bonds. The first kappa shape index (κ1) is 11.4. The van der Waals surface area contributed by atoms with Crippen molar-refractivity contribution in [3.05, 3.63) is 12.2 Å². The number of hydrogen-bond donors (Lipinski definition) is 0. The summed E-state index contributed by atoms with van der Waals surface area (Å²) in [5.41, 5.74) is 0. The second-order valence-corrected chi connectivity index (χ2v) is 2.33. The first-order chi connectivity index (χ1) is 4.70. The summed E-state index contributed by atoms with van der Waals surface area (Å²) in [4.78, 5) is 20.7. The Morgan fingerprint density at radius 1 is 1.00 bits per heavy atom. The Morgan fingerprint density at radius 2 is 1.30 bits per heavy atom. The Kier molecular flexibility index (Phi) is 7.98. The average molecular weight is 404 g/mol. The van der Waals surface area contributed by atoms with Gasteiger partial charge in [0.05, 0.1) is 0 Å². The summed E-state index contributed by atoms with van der Waals surface area (Å²) >= 11 is 1.03. The van der Waals surface area contributed by atoms with Crippen LogP contribution >= 0.6 is 0 Å². The van der Waals surface area contributed by atoms with Gasteiger partial charge in [-0.15, -0.1) is 0 Å². The summed E-state index contributed by atoms with van der Waals surface area (Å²) in [5, 5.41) is 0. The van der Waals surface area contributed by atoms with Crippen LogP contribution in [0, 0.1) is 77.9 Å². The van der Waals surface area contributed by atoms with E-state index in [0.717, 1.165) is 12.2 Å². The fraction of sp³-hybridized carbons (Fsp3) is 0. The van der Waals surface area contributed by atoms with Crippen molar-refractivity contribution >= 4 is 11.9 Å². The van der Waals surface area contributed by atoms with E-state index < -0.39 is 11.9 Å². The minimum atomic E-state index is -0.517. The van der Waals surface area contributed by atoms with Crippen LogP contribution in [0.4, 0.5) is 0 Å². The number of hydrogen-bond acceptors (Lipinski definition) is 4. The molecule has 0 bridgehead atoms. The van der Waals surface area contributed by atoms with E-state index in [4.69, 9.17) is 0 Å². The van der Waals surface area contributed by atoms with Gasteiger partial charge in [0.25, 0.3) is 0 Å². The van der Waals surface area contributed by atoms with Crippen LogP contribution in [0.2, 0.25) is 0 Å². The first-order valence-corrected chi connectivity index (χ1v) is 4.44. The maximum atomic E-state index is 10.4. The maximum absolute atomic E-state index is 10.4. The van der Waals surface area contributed by atoms with Crippen LogP contribution in [-0.4, -0.2) is 11.9 Å². The molecule has 0 spiro atoms. The molecule has 0 aromatic carbocycles. The van der Waals surface area contributed by atoms with Gasteiger partial charge in [0.15, 0.2) is 0 Å². The fourth-order valence-corrected chi connectivity index (χ4v) is 0.587. The molecule has 0 fully saturated rings. The summed E-state index contributed by atoms with van der Waals surface area (Å²) in [6.45, 7) is 0. The van der Waals surface area contributed by atoms with E-state index in [1.807, 2.05) is 0 Å². The van der Waals surface area contributed by atoms with Gasteiger partial charge in [-0.2, -0.15) is 0 Å². The van der Waals surface area contributed by atoms with Crippen molar-refractivity contribution in [1.82, 2.24) is 0 Å². The minimum absolute atomic E-state index is 0.517. The van der Waals surface area contributed by atoms with Crippen LogP contribution < -0.4 is 0 Å². The third-order valence-corrected chi connectivity index (χ3v) is 1.69. The molecule has 0 saturated carbocycles. The summed E-state index contributed by atoms with van der Waals surface area (Å²) < 4.78 is 8.66. The van der Waals surface area contributed by atoms with Crippen LogP contribution in [0.5, 0.6) is 0 Å². The van der Waals surface area contributed by atoms with Crippen molar-refractivity contribution in [3.8, 4) is 0 Å². The summed E-state index contributed by atoms with van der Waals surface area (Å²) in [6, 6.07) is 0. The SMILES string of the molecule is O=C(/C=C\C(=O)[O][Pm])[O][Pm]. The number of rotatable bonds is 2. The van der Waals surface area contributed by atoms with Gasteiger partial charge < -0.3 is 0 Å². The van der Waals surface area contributed by atoms with Gasteiger partial charge in [-0.25, -0.2) is 0 Å². The monoisotopic (exact) mass is 404 g/mol. The Hall–Kier alpha value is 1.36. The van der Waals surface area contributed by atoms with Crippen molar-refractivity contribution in [3.63, 3.8) is 0 Å². The molecule has 0 aliphatic carbocycles. The molecule has 0 aromatic heterocycles. The molecule has 0 unspecified atom stereocenters. The van der Waals surface area contributed by atoms with Crippen molar-refractivity contribution in [2.24, 2.45) is 0 Å². The topological polar surface area (TPSA) is 52.6 Å². The third-order valence-electron chi connectivity index (χ3n) is 0.535. The van der Waals surface area contributed by atoms with E-state index in [-0.39, 0.29) is 0 Å². The molecule has 4 nitrogen and oxygen atoms in total.